The van der Waals surface area contributed by atoms with E-state index in [0.717, 1.165) is 81.9 Å². The average Bonchev–Trinajstić information content (AvgIpc) is 3.01. The number of piperidine rings is 1. The molecular weight excluding hydrogens is 414 g/mol. The van der Waals surface area contributed by atoms with Crippen LogP contribution in [0, 0.1) is 0 Å². The van der Waals surface area contributed by atoms with Crippen LogP contribution >= 0.6 is 0 Å². The lowest BCUT2D eigenvalue weighted by molar-refractivity contribution is 0.0925. The first kappa shape index (κ1) is 21.9. The first-order valence-corrected chi connectivity index (χ1v) is 12.0. The number of aromatic nitrogens is 3. The van der Waals surface area contributed by atoms with Crippen LogP contribution in [0.2, 0.25) is 0 Å². The fraction of sp³-hybridized carbons (Fsp3) is 0.480. The molecule has 8 heteroatoms. The molecule has 0 aliphatic carbocycles. The molecule has 0 atom stereocenters. The molecule has 5 rings (SSSR count). The van der Waals surface area contributed by atoms with Crippen molar-refractivity contribution in [3.05, 3.63) is 53.7 Å². The van der Waals surface area contributed by atoms with Gasteiger partial charge in [-0.15, -0.1) is 0 Å². The van der Waals surface area contributed by atoms with Crippen molar-refractivity contribution in [2.24, 2.45) is 7.05 Å². The third-order valence-electron chi connectivity index (χ3n) is 6.72. The highest BCUT2D eigenvalue weighted by atomic mass is 16.2. The van der Waals surface area contributed by atoms with Gasteiger partial charge in [-0.3, -0.25) is 9.69 Å². The molecule has 174 valence electrons. The van der Waals surface area contributed by atoms with Gasteiger partial charge in [0.25, 0.3) is 5.91 Å². The number of rotatable bonds is 5. The second-order valence-corrected chi connectivity index (χ2v) is 9.11. The van der Waals surface area contributed by atoms with Crippen LogP contribution in [0.15, 0.2) is 42.5 Å². The van der Waals surface area contributed by atoms with E-state index in [2.05, 4.69) is 55.9 Å². The monoisotopic (exact) mass is 447 g/mol. The predicted octanol–water partition coefficient (Wildman–Crippen LogP) is 2.16. The maximum Gasteiger partial charge on any atom is 0.272 e. The third-order valence-corrected chi connectivity index (χ3v) is 6.72. The van der Waals surface area contributed by atoms with Crippen LogP contribution in [-0.4, -0.2) is 70.9 Å². The molecule has 3 aromatic rings. The van der Waals surface area contributed by atoms with Crippen LogP contribution in [0.1, 0.15) is 35.3 Å². The second-order valence-electron chi connectivity index (χ2n) is 9.11. The molecule has 0 unspecified atom stereocenters. The second kappa shape index (κ2) is 9.89. The summed E-state index contributed by atoms with van der Waals surface area (Å²) in [6, 6.07) is 14.9. The van der Waals surface area contributed by atoms with Crippen LogP contribution in [0.25, 0.3) is 11.0 Å². The summed E-state index contributed by atoms with van der Waals surface area (Å²) in [6.45, 7) is 6.87. The molecule has 1 aromatic carbocycles. The molecule has 2 fully saturated rings. The summed E-state index contributed by atoms with van der Waals surface area (Å²) in [5, 5.41) is 11.8. The number of carbonyl (C=O) groups is 1. The van der Waals surface area contributed by atoms with Crippen molar-refractivity contribution in [2.75, 3.05) is 44.2 Å². The standard InChI is InChI=1S/C25H33N7O/c1-30-24-21(23(29-30)25(33)27-20-10-12-26-13-11-20)8-9-22(28-24)32-15-5-14-31(16-17-32)18-19-6-3-2-4-7-19/h2-4,6-9,20,26H,5,10-18H2,1H3,(H,27,33). The lowest BCUT2D eigenvalue weighted by Crippen LogP contribution is -2.42. The minimum absolute atomic E-state index is 0.103. The molecular formula is C25H33N7O. The van der Waals surface area contributed by atoms with Crippen LogP contribution in [0.4, 0.5) is 5.82 Å². The number of nitrogens with one attached hydrogen (secondary N) is 2. The highest BCUT2D eigenvalue weighted by Gasteiger charge is 2.23. The van der Waals surface area contributed by atoms with Crippen molar-refractivity contribution in [1.29, 1.82) is 0 Å². The Morgan fingerprint density at radius 2 is 1.88 bits per heavy atom. The number of hydrogen-bond acceptors (Lipinski definition) is 6. The summed E-state index contributed by atoms with van der Waals surface area (Å²) in [5.41, 5.74) is 2.58. The fourth-order valence-corrected chi connectivity index (χ4v) is 4.88. The Hall–Kier alpha value is -2.97. The molecule has 2 saturated heterocycles. The van der Waals surface area contributed by atoms with E-state index in [1.165, 1.54) is 5.56 Å². The Morgan fingerprint density at radius 3 is 2.70 bits per heavy atom. The predicted molar refractivity (Wildman–Crippen MR) is 130 cm³/mol. The number of benzene rings is 1. The van der Waals surface area contributed by atoms with E-state index in [-0.39, 0.29) is 11.9 Å². The minimum atomic E-state index is -0.103. The van der Waals surface area contributed by atoms with E-state index >= 15 is 0 Å². The number of amides is 1. The number of nitrogens with zero attached hydrogens (tertiary/aromatic N) is 5. The summed E-state index contributed by atoms with van der Waals surface area (Å²) in [6.07, 6.45) is 3.01. The van der Waals surface area contributed by atoms with Gasteiger partial charge in [0.2, 0.25) is 0 Å². The van der Waals surface area contributed by atoms with Gasteiger partial charge in [0.1, 0.15) is 5.82 Å². The van der Waals surface area contributed by atoms with Gasteiger partial charge in [0.15, 0.2) is 11.3 Å². The zero-order valence-electron chi connectivity index (χ0n) is 19.3. The lowest BCUT2D eigenvalue weighted by atomic mass is 10.1. The van der Waals surface area contributed by atoms with Gasteiger partial charge in [-0.05, 0) is 50.0 Å². The molecule has 4 heterocycles. The maximum absolute atomic E-state index is 12.9. The Morgan fingerprint density at radius 1 is 1.06 bits per heavy atom. The van der Waals surface area contributed by atoms with Crippen molar-refractivity contribution in [2.45, 2.75) is 31.8 Å². The summed E-state index contributed by atoms with van der Waals surface area (Å²) in [7, 11) is 1.87. The molecule has 2 aromatic heterocycles. The molecule has 0 saturated carbocycles. The molecule has 0 spiro atoms. The highest BCUT2D eigenvalue weighted by molar-refractivity contribution is 6.04. The SMILES string of the molecule is Cn1nc(C(=O)NC2CCNCC2)c2ccc(N3CCCN(Cc4ccccc4)CC3)nc21. The first-order chi connectivity index (χ1) is 16.2. The van der Waals surface area contributed by atoms with Crippen molar-refractivity contribution >= 4 is 22.8 Å². The third kappa shape index (κ3) is 5.02. The van der Waals surface area contributed by atoms with Gasteiger partial charge < -0.3 is 15.5 Å². The summed E-state index contributed by atoms with van der Waals surface area (Å²) in [4.78, 5) is 22.7. The Labute approximate surface area is 195 Å². The highest BCUT2D eigenvalue weighted by Crippen LogP contribution is 2.22. The van der Waals surface area contributed by atoms with E-state index in [9.17, 15) is 4.79 Å². The van der Waals surface area contributed by atoms with Crippen molar-refractivity contribution < 1.29 is 4.79 Å². The van der Waals surface area contributed by atoms with Gasteiger partial charge in [-0.1, -0.05) is 30.3 Å². The smallest absolute Gasteiger partial charge is 0.272 e. The topological polar surface area (TPSA) is 78.3 Å². The first-order valence-electron chi connectivity index (χ1n) is 12.0. The zero-order chi connectivity index (χ0) is 22.6. The van der Waals surface area contributed by atoms with Crippen LogP contribution in [0.3, 0.4) is 0 Å². The van der Waals surface area contributed by atoms with E-state index in [0.29, 0.717) is 5.69 Å². The molecule has 33 heavy (non-hydrogen) atoms. The number of anilines is 1. The number of aryl methyl sites for hydroxylation is 1. The number of carbonyl (C=O) groups excluding carboxylic acids is 1. The Bertz CT molecular complexity index is 1090. The molecule has 2 N–H and O–H groups in total. The molecule has 2 aliphatic rings. The fourth-order valence-electron chi connectivity index (χ4n) is 4.88. The van der Waals surface area contributed by atoms with E-state index in [4.69, 9.17) is 4.98 Å². The summed E-state index contributed by atoms with van der Waals surface area (Å²) in [5.74, 6) is 0.853. The van der Waals surface area contributed by atoms with Gasteiger partial charge in [0, 0.05) is 45.8 Å². The molecule has 8 nitrogen and oxygen atoms in total. The van der Waals surface area contributed by atoms with Gasteiger partial charge in [-0.25, -0.2) is 9.67 Å². The lowest BCUT2D eigenvalue weighted by Gasteiger charge is -2.23. The summed E-state index contributed by atoms with van der Waals surface area (Å²) < 4.78 is 1.73. The van der Waals surface area contributed by atoms with Gasteiger partial charge in [0.05, 0.1) is 5.39 Å². The van der Waals surface area contributed by atoms with Crippen LogP contribution in [0.5, 0.6) is 0 Å². The quantitative estimate of drug-likeness (QED) is 0.624. The van der Waals surface area contributed by atoms with Gasteiger partial charge in [-0.2, -0.15) is 5.10 Å². The van der Waals surface area contributed by atoms with Crippen molar-refractivity contribution in [3.63, 3.8) is 0 Å². The van der Waals surface area contributed by atoms with E-state index < -0.39 is 0 Å². The molecule has 0 radical (unpaired) electrons. The Kier molecular flexibility index (Phi) is 6.55. The Balaban J connectivity index is 1.28. The van der Waals surface area contributed by atoms with E-state index in [1.807, 2.05) is 19.2 Å². The molecule has 1 amide bonds. The molecule has 0 bridgehead atoms. The van der Waals surface area contributed by atoms with Crippen LogP contribution in [-0.2, 0) is 13.6 Å². The zero-order valence-corrected chi connectivity index (χ0v) is 19.3. The number of fused-ring (bicyclic) bond motifs is 1. The van der Waals surface area contributed by atoms with Crippen LogP contribution < -0.4 is 15.5 Å². The maximum atomic E-state index is 12.9. The minimum Gasteiger partial charge on any atom is -0.355 e. The number of pyridine rings is 1. The largest absolute Gasteiger partial charge is 0.355 e. The van der Waals surface area contributed by atoms with Gasteiger partial charge >= 0.3 is 0 Å². The number of hydrogen-bond donors (Lipinski definition) is 2. The molecule has 2 aliphatic heterocycles. The average molecular weight is 448 g/mol. The van der Waals surface area contributed by atoms with E-state index in [1.54, 1.807) is 4.68 Å². The van der Waals surface area contributed by atoms with Crippen molar-refractivity contribution in [1.82, 2.24) is 30.3 Å². The normalized spacial score (nSPS) is 18.4. The summed E-state index contributed by atoms with van der Waals surface area (Å²) >= 11 is 0. The van der Waals surface area contributed by atoms with Crippen molar-refractivity contribution in [3.8, 4) is 0 Å².